The van der Waals surface area contributed by atoms with Crippen molar-refractivity contribution >= 4 is 29.0 Å². The van der Waals surface area contributed by atoms with Crippen molar-refractivity contribution in [1.82, 2.24) is 0 Å². The van der Waals surface area contributed by atoms with Crippen LogP contribution >= 0.6 is 11.6 Å². The van der Waals surface area contributed by atoms with Gasteiger partial charge in [-0.15, -0.1) is 0 Å². The first kappa shape index (κ1) is 16.1. The number of amides is 2. The first-order valence-corrected chi connectivity index (χ1v) is 6.38. The van der Waals surface area contributed by atoms with E-state index in [1.165, 1.54) is 18.2 Å². The molecule has 0 saturated heterocycles. The van der Waals surface area contributed by atoms with Crippen LogP contribution < -0.4 is 10.4 Å². The molecular formula is C14H10ClF3N2O2. The fourth-order valence-corrected chi connectivity index (χ4v) is 1.84. The Kier molecular flexibility index (Phi) is 4.58. The molecule has 0 aromatic heterocycles. The molecule has 0 fully saturated rings. The second-order valence-electron chi connectivity index (χ2n) is 4.27. The number of hydrogen-bond acceptors (Lipinski definition) is 2. The molecule has 0 saturated carbocycles. The third-order valence-electron chi connectivity index (χ3n) is 2.73. The number of hydrogen-bond donors (Lipinski definition) is 2. The van der Waals surface area contributed by atoms with Gasteiger partial charge in [-0.05, 0) is 30.3 Å². The van der Waals surface area contributed by atoms with E-state index in [4.69, 9.17) is 11.6 Å². The maximum absolute atomic E-state index is 12.6. The molecule has 0 unspecified atom stereocenters. The standard InChI is InChI=1S/C14H10ClF3N2O2/c15-11-6-1-2-7-12(11)19-13(21)20(22)10-5-3-4-9(8-10)14(16,17)18/h1-8,22H,(H,19,21). The summed E-state index contributed by atoms with van der Waals surface area (Å²) in [6, 6.07) is 8.96. The second-order valence-corrected chi connectivity index (χ2v) is 4.68. The predicted octanol–water partition coefficient (Wildman–Crippen LogP) is 4.79. The number of nitrogens with one attached hydrogen (secondary N) is 1. The smallest absolute Gasteiger partial charge is 0.304 e. The van der Waals surface area contributed by atoms with Crippen LogP contribution in [0.2, 0.25) is 5.02 Å². The maximum Gasteiger partial charge on any atom is 0.416 e. The van der Waals surface area contributed by atoms with Crippen LogP contribution in [0.3, 0.4) is 0 Å². The molecular weight excluding hydrogens is 321 g/mol. The molecule has 0 radical (unpaired) electrons. The van der Waals surface area contributed by atoms with Crippen LogP contribution in [-0.2, 0) is 6.18 Å². The number of nitrogens with zero attached hydrogens (tertiary/aromatic N) is 1. The molecule has 0 aliphatic rings. The molecule has 2 amide bonds. The second kappa shape index (κ2) is 6.25. The number of urea groups is 1. The summed E-state index contributed by atoms with van der Waals surface area (Å²) in [5.74, 6) is 0. The number of carbonyl (C=O) groups is 1. The summed E-state index contributed by atoms with van der Waals surface area (Å²) in [5.41, 5.74) is -1.07. The number of benzene rings is 2. The summed E-state index contributed by atoms with van der Waals surface area (Å²) in [6.07, 6.45) is -4.57. The number of alkyl halides is 3. The Bertz CT molecular complexity index is 692. The summed E-state index contributed by atoms with van der Waals surface area (Å²) in [4.78, 5) is 11.9. The minimum absolute atomic E-state index is 0.0819. The number of halogens is 4. The van der Waals surface area contributed by atoms with Gasteiger partial charge in [0.2, 0.25) is 0 Å². The quantitative estimate of drug-likeness (QED) is 0.614. The number of anilines is 2. The zero-order valence-electron chi connectivity index (χ0n) is 10.9. The predicted molar refractivity (Wildman–Crippen MR) is 76.2 cm³/mol. The largest absolute Gasteiger partial charge is 0.416 e. The van der Waals surface area contributed by atoms with Gasteiger partial charge in [-0.1, -0.05) is 29.8 Å². The average molecular weight is 331 g/mol. The average Bonchev–Trinajstić information content (AvgIpc) is 2.48. The normalized spacial score (nSPS) is 11.1. The van der Waals surface area contributed by atoms with Gasteiger partial charge in [0.15, 0.2) is 0 Å². The van der Waals surface area contributed by atoms with Gasteiger partial charge in [-0.3, -0.25) is 5.21 Å². The van der Waals surface area contributed by atoms with E-state index in [0.717, 1.165) is 12.1 Å². The molecule has 116 valence electrons. The zero-order chi connectivity index (χ0) is 16.3. The molecule has 0 aliphatic heterocycles. The van der Waals surface area contributed by atoms with E-state index in [-0.39, 0.29) is 21.5 Å². The van der Waals surface area contributed by atoms with Crippen molar-refractivity contribution in [3.8, 4) is 0 Å². The monoisotopic (exact) mass is 330 g/mol. The van der Waals surface area contributed by atoms with Crippen LogP contribution in [0.15, 0.2) is 48.5 Å². The van der Waals surface area contributed by atoms with Gasteiger partial charge < -0.3 is 5.32 Å². The molecule has 0 bridgehead atoms. The van der Waals surface area contributed by atoms with Crippen LogP contribution in [0.4, 0.5) is 29.3 Å². The first-order chi connectivity index (χ1) is 10.3. The number of rotatable bonds is 2. The molecule has 2 rings (SSSR count). The topological polar surface area (TPSA) is 52.6 Å². The lowest BCUT2D eigenvalue weighted by atomic mass is 10.2. The Morgan fingerprint density at radius 2 is 1.82 bits per heavy atom. The lowest BCUT2D eigenvalue weighted by Gasteiger charge is -2.17. The summed E-state index contributed by atoms with van der Waals surface area (Å²) in [5, 5.41) is 12.3. The van der Waals surface area contributed by atoms with Crippen molar-refractivity contribution in [2.24, 2.45) is 0 Å². The van der Waals surface area contributed by atoms with Gasteiger partial charge in [-0.25, -0.2) is 4.79 Å². The Labute approximate surface area is 128 Å². The highest BCUT2D eigenvalue weighted by Gasteiger charge is 2.31. The van der Waals surface area contributed by atoms with Crippen molar-refractivity contribution in [3.05, 3.63) is 59.1 Å². The number of carbonyl (C=O) groups excluding carboxylic acids is 1. The van der Waals surface area contributed by atoms with E-state index in [9.17, 15) is 23.2 Å². The maximum atomic E-state index is 12.6. The molecule has 0 atom stereocenters. The molecule has 0 heterocycles. The molecule has 4 nitrogen and oxygen atoms in total. The summed E-state index contributed by atoms with van der Waals surface area (Å²) < 4.78 is 37.8. The van der Waals surface area contributed by atoms with E-state index < -0.39 is 17.8 Å². The highest BCUT2D eigenvalue weighted by atomic mass is 35.5. The van der Waals surface area contributed by atoms with Crippen molar-refractivity contribution in [3.63, 3.8) is 0 Å². The van der Waals surface area contributed by atoms with E-state index in [1.807, 2.05) is 0 Å². The minimum Gasteiger partial charge on any atom is -0.304 e. The van der Waals surface area contributed by atoms with Crippen LogP contribution in [0, 0.1) is 0 Å². The summed E-state index contributed by atoms with van der Waals surface area (Å²) in [6.45, 7) is 0. The third-order valence-corrected chi connectivity index (χ3v) is 3.06. The summed E-state index contributed by atoms with van der Waals surface area (Å²) >= 11 is 5.84. The Hall–Kier alpha value is -2.25. The fraction of sp³-hybridized carbons (Fsp3) is 0.0714. The van der Waals surface area contributed by atoms with Gasteiger partial charge in [0, 0.05) is 0 Å². The third kappa shape index (κ3) is 3.69. The van der Waals surface area contributed by atoms with Gasteiger partial charge in [0.05, 0.1) is 22.0 Å². The van der Waals surface area contributed by atoms with E-state index in [1.54, 1.807) is 12.1 Å². The highest BCUT2D eigenvalue weighted by molar-refractivity contribution is 6.33. The highest BCUT2D eigenvalue weighted by Crippen LogP contribution is 2.31. The van der Waals surface area contributed by atoms with E-state index in [2.05, 4.69) is 5.32 Å². The van der Waals surface area contributed by atoms with Crippen molar-refractivity contribution < 1.29 is 23.2 Å². The van der Waals surface area contributed by atoms with Crippen LogP contribution in [0.25, 0.3) is 0 Å². The number of para-hydroxylation sites is 1. The number of hydroxylamine groups is 1. The zero-order valence-corrected chi connectivity index (χ0v) is 11.7. The van der Waals surface area contributed by atoms with Crippen molar-refractivity contribution in [2.45, 2.75) is 6.18 Å². The van der Waals surface area contributed by atoms with Crippen LogP contribution in [0.1, 0.15) is 5.56 Å². The first-order valence-electron chi connectivity index (χ1n) is 6.01. The fourth-order valence-electron chi connectivity index (χ4n) is 1.66. The Morgan fingerprint density at radius 3 is 2.45 bits per heavy atom. The SMILES string of the molecule is O=C(Nc1ccccc1Cl)N(O)c1cccc(C(F)(F)F)c1. The molecule has 8 heteroatoms. The van der Waals surface area contributed by atoms with E-state index >= 15 is 0 Å². The molecule has 2 N–H and O–H groups in total. The van der Waals surface area contributed by atoms with Gasteiger partial charge >= 0.3 is 12.2 Å². The molecule has 0 aliphatic carbocycles. The van der Waals surface area contributed by atoms with Crippen LogP contribution in [0.5, 0.6) is 0 Å². The molecule has 2 aromatic carbocycles. The lowest BCUT2D eigenvalue weighted by Crippen LogP contribution is -2.32. The summed E-state index contributed by atoms with van der Waals surface area (Å²) in [7, 11) is 0. The lowest BCUT2D eigenvalue weighted by molar-refractivity contribution is -0.137. The van der Waals surface area contributed by atoms with Crippen LogP contribution in [-0.4, -0.2) is 11.2 Å². The van der Waals surface area contributed by atoms with Crippen molar-refractivity contribution in [1.29, 1.82) is 0 Å². The minimum atomic E-state index is -4.57. The molecule has 0 spiro atoms. The molecule has 2 aromatic rings. The van der Waals surface area contributed by atoms with Gasteiger partial charge in [0.25, 0.3) is 0 Å². The van der Waals surface area contributed by atoms with Crippen molar-refractivity contribution in [2.75, 3.05) is 10.4 Å². The Balaban J connectivity index is 2.19. The van der Waals surface area contributed by atoms with Gasteiger partial charge in [0.1, 0.15) is 0 Å². The Morgan fingerprint density at radius 1 is 1.14 bits per heavy atom. The van der Waals surface area contributed by atoms with Gasteiger partial charge in [-0.2, -0.15) is 18.2 Å². The molecule has 22 heavy (non-hydrogen) atoms. The van der Waals surface area contributed by atoms with E-state index in [0.29, 0.717) is 6.07 Å².